The first-order valence-corrected chi connectivity index (χ1v) is 10.1. The number of benzene rings is 2. The van der Waals surface area contributed by atoms with E-state index in [1.54, 1.807) is 38.1 Å². The Bertz CT molecular complexity index is 915. The first-order chi connectivity index (χ1) is 11.6. The van der Waals surface area contributed by atoms with E-state index in [9.17, 15) is 21.9 Å². The highest BCUT2D eigenvalue weighted by Gasteiger charge is 2.23. The van der Waals surface area contributed by atoms with Gasteiger partial charge in [-0.05, 0) is 38.1 Å². The van der Waals surface area contributed by atoms with Crippen molar-refractivity contribution in [2.75, 3.05) is 6.61 Å². The molecule has 25 heavy (non-hydrogen) atoms. The summed E-state index contributed by atoms with van der Waals surface area (Å²) < 4.78 is 57.2. The maximum atomic E-state index is 12.0. The summed E-state index contributed by atoms with van der Waals surface area (Å²) >= 11 is 0. The van der Waals surface area contributed by atoms with Crippen molar-refractivity contribution in [2.45, 2.75) is 29.9 Å². The highest BCUT2D eigenvalue weighted by atomic mass is 32.2. The van der Waals surface area contributed by atoms with E-state index < -0.39 is 33.1 Å². The minimum absolute atomic E-state index is 0.105. The van der Waals surface area contributed by atoms with Crippen LogP contribution < -0.4 is 0 Å². The third-order valence-electron chi connectivity index (χ3n) is 3.22. The molecule has 0 spiro atoms. The number of rotatable bonds is 7. The van der Waals surface area contributed by atoms with Gasteiger partial charge in [0.25, 0.3) is 20.2 Å². The second-order valence-electron chi connectivity index (χ2n) is 5.37. The highest BCUT2D eigenvalue weighted by molar-refractivity contribution is 7.87. The van der Waals surface area contributed by atoms with Crippen LogP contribution in [0.2, 0.25) is 0 Å². The molecule has 0 unspecified atom stereocenters. The van der Waals surface area contributed by atoms with Gasteiger partial charge in [-0.3, -0.25) is 4.18 Å². The predicted molar refractivity (Wildman–Crippen MR) is 89.8 cm³/mol. The maximum absolute atomic E-state index is 12.0. The first kappa shape index (κ1) is 19.5. The molecule has 2 aromatic rings. The van der Waals surface area contributed by atoms with Crippen molar-refractivity contribution in [2.24, 2.45) is 0 Å². The van der Waals surface area contributed by atoms with Gasteiger partial charge in [-0.15, -0.1) is 0 Å². The summed E-state index contributed by atoms with van der Waals surface area (Å²) in [6.45, 7) is 2.72. The number of aryl methyl sites for hydroxylation is 2. The molecule has 1 atom stereocenters. The van der Waals surface area contributed by atoms with Crippen LogP contribution in [0.3, 0.4) is 0 Å². The van der Waals surface area contributed by atoms with Gasteiger partial charge in [0.15, 0.2) is 6.29 Å². The first-order valence-electron chi connectivity index (χ1n) is 7.24. The van der Waals surface area contributed by atoms with Gasteiger partial charge in [0.2, 0.25) is 0 Å². The molecule has 0 aliphatic rings. The van der Waals surface area contributed by atoms with Gasteiger partial charge in [-0.25, -0.2) is 4.18 Å². The molecule has 0 fully saturated rings. The molecule has 2 rings (SSSR count). The molecule has 0 amide bonds. The fraction of sp³-hybridized carbons (Fsp3) is 0.250. The number of aliphatic hydroxyl groups excluding tert-OH is 1. The van der Waals surface area contributed by atoms with Crippen molar-refractivity contribution in [3.05, 3.63) is 59.7 Å². The fourth-order valence-electron chi connectivity index (χ4n) is 1.86. The van der Waals surface area contributed by atoms with Gasteiger partial charge >= 0.3 is 0 Å². The zero-order chi connectivity index (χ0) is 18.7. The molecule has 0 heterocycles. The summed E-state index contributed by atoms with van der Waals surface area (Å²) in [6, 6.07) is 11.7. The Balaban J connectivity index is 2.01. The van der Waals surface area contributed by atoms with Gasteiger partial charge < -0.3 is 5.11 Å². The lowest BCUT2D eigenvalue weighted by atomic mass is 10.2. The van der Waals surface area contributed by atoms with Crippen molar-refractivity contribution < 1.29 is 30.3 Å². The monoisotopic (exact) mass is 386 g/mol. The molecule has 1 N–H and O–H groups in total. The van der Waals surface area contributed by atoms with Crippen molar-refractivity contribution in [1.29, 1.82) is 0 Å². The zero-order valence-corrected chi connectivity index (χ0v) is 15.2. The molecule has 136 valence electrons. The Kier molecular flexibility index (Phi) is 5.96. The largest absolute Gasteiger partial charge is 0.365 e. The summed E-state index contributed by atoms with van der Waals surface area (Å²) in [5.74, 6) is 0. The van der Waals surface area contributed by atoms with Gasteiger partial charge in [0.05, 0.1) is 9.79 Å². The second-order valence-corrected chi connectivity index (χ2v) is 8.56. The molecule has 9 heteroatoms. The lowest BCUT2D eigenvalue weighted by Crippen LogP contribution is -2.25. The third-order valence-corrected chi connectivity index (χ3v) is 5.84. The van der Waals surface area contributed by atoms with Crippen molar-refractivity contribution in [1.82, 2.24) is 0 Å². The normalized spacial score (nSPS) is 13.6. The van der Waals surface area contributed by atoms with Crippen molar-refractivity contribution >= 4 is 20.2 Å². The number of hydrogen-bond acceptors (Lipinski definition) is 7. The quantitative estimate of drug-likeness (QED) is 0.570. The van der Waals surface area contributed by atoms with E-state index >= 15 is 0 Å². The molecule has 0 saturated heterocycles. The number of aliphatic hydroxyl groups is 1. The lowest BCUT2D eigenvalue weighted by Gasteiger charge is -2.13. The lowest BCUT2D eigenvalue weighted by molar-refractivity contribution is -0.0419. The van der Waals surface area contributed by atoms with E-state index in [2.05, 4.69) is 8.37 Å². The Morgan fingerprint density at radius 2 is 1.20 bits per heavy atom. The summed E-state index contributed by atoms with van der Waals surface area (Å²) in [5, 5.41) is 9.66. The molecule has 2 aromatic carbocycles. The Morgan fingerprint density at radius 1 is 0.800 bits per heavy atom. The van der Waals surface area contributed by atoms with Crippen LogP contribution in [0.1, 0.15) is 11.1 Å². The van der Waals surface area contributed by atoms with Gasteiger partial charge in [0, 0.05) is 0 Å². The van der Waals surface area contributed by atoms with Crippen molar-refractivity contribution in [3.8, 4) is 0 Å². The van der Waals surface area contributed by atoms with Crippen LogP contribution in [-0.2, 0) is 28.6 Å². The van der Waals surface area contributed by atoms with E-state index in [0.29, 0.717) is 0 Å². The maximum Gasteiger partial charge on any atom is 0.299 e. The summed E-state index contributed by atoms with van der Waals surface area (Å²) in [5.41, 5.74) is 1.72. The van der Waals surface area contributed by atoms with Crippen LogP contribution in [0.4, 0.5) is 0 Å². The van der Waals surface area contributed by atoms with Gasteiger partial charge in [-0.2, -0.15) is 16.8 Å². The molecule has 0 radical (unpaired) electrons. The van der Waals surface area contributed by atoms with E-state index in [4.69, 9.17) is 0 Å². The van der Waals surface area contributed by atoms with E-state index in [1.807, 2.05) is 0 Å². The van der Waals surface area contributed by atoms with Crippen LogP contribution in [0.25, 0.3) is 0 Å². The van der Waals surface area contributed by atoms with Crippen LogP contribution in [0.5, 0.6) is 0 Å². The Labute approximate surface area is 147 Å². The zero-order valence-electron chi connectivity index (χ0n) is 13.6. The smallest absolute Gasteiger partial charge is 0.299 e. The Morgan fingerprint density at radius 3 is 1.64 bits per heavy atom. The molecule has 0 saturated carbocycles. The van der Waals surface area contributed by atoms with Crippen molar-refractivity contribution in [3.63, 3.8) is 0 Å². The second kappa shape index (κ2) is 7.63. The Hall–Kier alpha value is -1.78. The molecule has 7 nitrogen and oxygen atoms in total. The summed E-state index contributed by atoms with van der Waals surface area (Å²) in [4.78, 5) is -0.259. The highest BCUT2D eigenvalue weighted by Crippen LogP contribution is 2.17. The standard InChI is InChI=1S/C16H18O7S2/c1-12-3-7-14(8-4-12)24(18,19)22-11-16(17)23-25(20,21)15-9-5-13(2)6-10-15/h3-10,16-17H,11H2,1-2H3/t16-/m0/s1. The van der Waals surface area contributed by atoms with Crippen LogP contribution in [0, 0.1) is 13.8 Å². The fourth-order valence-corrected chi connectivity index (χ4v) is 3.68. The molecule has 0 aromatic heterocycles. The van der Waals surface area contributed by atoms with Crippen LogP contribution >= 0.6 is 0 Å². The summed E-state index contributed by atoms with van der Waals surface area (Å²) in [6.07, 6.45) is -1.97. The minimum atomic E-state index is -4.24. The topological polar surface area (TPSA) is 107 Å². The molecular formula is C16H18O7S2. The average molecular weight is 386 g/mol. The predicted octanol–water partition coefficient (Wildman–Crippen LogP) is 1.73. The van der Waals surface area contributed by atoms with Crippen LogP contribution in [-0.4, -0.2) is 34.8 Å². The molecular weight excluding hydrogens is 368 g/mol. The summed E-state index contributed by atoms with van der Waals surface area (Å²) in [7, 11) is -8.37. The third kappa shape index (κ3) is 5.35. The molecule has 0 aliphatic heterocycles. The SMILES string of the molecule is Cc1ccc(S(=O)(=O)OC[C@@H](O)OS(=O)(=O)c2ccc(C)cc2)cc1. The van der Waals surface area contributed by atoms with Gasteiger partial charge in [0.1, 0.15) is 6.61 Å². The van der Waals surface area contributed by atoms with Crippen LogP contribution in [0.15, 0.2) is 58.3 Å². The van der Waals surface area contributed by atoms with Gasteiger partial charge in [-0.1, -0.05) is 35.4 Å². The van der Waals surface area contributed by atoms with E-state index in [1.165, 1.54) is 24.3 Å². The minimum Gasteiger partial charge on any atom is -0.365 e. The van der Waals surface area contributed by atoms with E-state index in [-0.39, 0.29) is 9.79 Å². The molecule has 0 aliphatic carbocycles. The molecule has 0 bridgehead atoms. The average Bonchev–Trinajstić information content (AvgIpc) is 2.53. The number of hydrogen-bond donors (Lipinski definition) is 1. The van der Waals surface area contributed by atoms with E-state index in [0.717, 1.165) is 11.1 Å².